The predicted octanol–water partition coefficient (Wildman–Crippen LogP) is 1.90. The molecule has 0 unspecified atom stereocenters. The molecule has 4 atom stereocenters. The van der Waals surface area contributed by atoms with Crippen LogP contribution in [0.1, 0.15) is 12.1 Å². The number of hydrogen-bond acceptors (Lipinski definition) is 6. The molecule has 1 aromatic carbocycles. The summed E-state index contributed by atoms with van der Waals surface area (Å²) in [6.07, 6.45) is 6.40. The molecule has 2 amide bonds. The van der Waals surface area contributed by atoms with E-state index >= 15 is 0 Å². The lowest BCUT2D eigenvalue weighted by atomic mass is 9.85. The maximum absolute atomic E-state index is 12.9. The van der Waals surface area contributed by atoms with E-state index in [4.69, 9.17) is 0 Å². The van der Waals surface area contributed by atoms with Gasteiger partial charge in [-0.15, -0.1) is 0 Å². The summed E-state index contributed by atoms with van der Waals surface area (Å²) >= 11 is 0. The lowest BCUT2D eigenvalue weighted by Gasteiger charge is -2.17. The molecule has 1 saturated carbocycles. The van der Waals surface area contributed by atoms with E-state index in [1.807, 2.05) is 12.2 Å². The van der Waals surface area contributed by atoms with E-state index in [2.05, 4.69) is 14.7 Å². The average Bonchev–Trinajstić information content (AvgIpc) is 3.35. The Morgan fingerprint density at radius 2 is 1.62 bits per heavy atom. The van der Waals surface area contributed by atoms with Crippen molar-refractivity contribution in [2.45, 2.75) is 18.2 Å². The van der Waals surface area contributed by atoms with Gasteiger partial charge in [-0.25, -0.2) is 23.1 Å². The highest BCUT2D eigenvalue weighted by Gasteiger charge is 2.59. The maximum Gasteiger partial charge on any atom is 0.264 e. The number of aromatic nitrogens is 2. The quantitative estimate of drug-likeness (QED) is 0.609. The minimum absolute atomic E-state index is 0.00705. The standard InChI is InChI=1S/C20H18N4O4S/c1-11-8-9-21-20(22-11)23-29(27,28)15-6-4-14(5-7-15)24-18(25)16-12-2-3-13(10-12)17(16)19(24)26/h2-9,12-13,16-17H,10H2,1H3,(H,21,22,23)/t12-,13-,16-,17+/m1/s1. The Kier molecular flexibility index (Phi) is 3.86. The van der Waals surface area contributed by atoms with Gasteiger partial charge in [0.2, 0.25) is 17.8 Å². The predicted molar refractivity (Wildman–Crippen MR) is 104 cm³/mol. The zero-order chi connectivity index (χ0) is 20.3. The zero-order valence-electron chi connectivity index (χ0n) is 15.5. The number of sulfonamides is 1. The summed E-state index contributed by atoms with van der Waals surface area (Å²) in [5.41, 5.74) is 1.02. The van der Waals surface area contributed by atoms with Gasteiger partial charge in [-0.05, 0) is 55.5 Å². The number of hydrogen-bond donors (Lipinski definition) is 1. The SMILES string of the molecule is Cc1ccnc(NS(=O)(=O)c2ccc(N3C(=O)[C@@H]4[C@H](C3=O)[C@@H]3C=C[C@@H]4C3)cc2)n1. The summed E-state index contributed by atoms with van der Waals surface area (Å²) < 4.78 is 27.5. The van der Waals surface area contributed by atoms with Crippen molar-refractivity contribution in [2.75, 3.05) is 9.62 Å². The lowest BCUT2D eigenvalue weighted by molar-refractivity contribution is -0.123. The Labute approximate surface area is 167 Å². The monoisotopic (exact) mass is 410 g/mol. The molecule has 1 aromatic heterocycles. The van der Waals surface area contributed by atoms with Crippen LogP contribution in [0.2, 0.25) is 0 Å². The molecule has 2 aliphatic carbocycles. The molecule has 29 heavy (non-hydrogen) atoms. The fourth-order valence-electron chi connectivity index (χ4n) is 4.61. The molecule has 0 spiro atoms. The van der Waals surface area contributed by atoms with Gasteiger partial charge >= 0.3 is 0 Å². The van der Waals surface area contributed by atoms with Crippen LogP contribution >= 0.6 is 0 Å². The first kappa shape index (κ1) is 18.0. The van der Waals surface area contributed by atoms with Crippen LogP contribution in [0.5, 0.6) is 0 Å². The van der Waals surface area contributed by atoms with Crippen molar-refractivity contribution in [2.24, 2.45) is 23.7 Å². The number of allylic oxidation sites excluding steroid dienone is 2. The van der Waals surface area contributed by atoms with Crippen molar-refractivity contribution >= 4 is 33.5 Å². The van der Waals surface area contributed by atoms with E-state index in [0.29, 0.717) is 11.4 Å². The molecule has 9 heteroatoms. The third-order valence-corrected chi connectivity index (χ3v) is 7.24. The van der Waals surface area contributed by atoms with Gasteiger partial charge < -0.3 is 0 Å². The van der Waals surface area contributed by atoms with Crippen LogP contribution in [-0.2, 0) is 19.6 Å². The molecule has 5 rings (SSSR count). The molecule has 148 valence electrons. The summed E-state index contributed by atoms with van der Waals surface area (Å²) in [5, 5.41) is 0. The fourth-order valence-corrected chi connectivity index (χ4v) is 5.56. The van der Waals surface area contributed by atoms with E-state index in [-0.39, 0.29) is 46.3 Å². The molecular formula is C20H18N4O4S. The number of rotatable bonds is 4. The molecule has 8 nitrogen and oxygen atoms in total. The van der Waals surface area contributed by atoms with Crippen LogP contribution < -0.4 is 9.62 Å². The van der Waals surface area contributed by atoms with E-state index in [0.717, 1.165) is 6.42 Å². The number of nitrogens with zero attached hydrogens (tertiary/aromatic N) is 3. The van der Waals surface area contributed by atoms with E-state index in [9.17, 15) is 18.0 Å². The van der Waals surface area contributed by atoms with Crippen molar-refractivity contribution in [1.29, 1.82) is 0 Å². The molecule has 1 saturated heterocycles. The van der Waals surface area contributed by atoms with Gasteiger partial charge in [0.1, 0.15) is 0 Å². The van der Waals surface area contributed by atoms with E-state index in [1.165, 1.54) is 35.4 Å². The third kappa shape index (κ3) is 2.76. The summed E-state index contributed by atoms with van der Waals surface area (Å²) in [7, 11) is -3.89. The van der Waals surface area contributed by atoms with Crippen LogP contribution in [0.4, 0.5) is 11.6 Å². The second kappa shape index (κ2) is 6.21. The maximum atomic E-state index is 12.9. The molecule has 2 fully saturated rings. The number of amides is 2. The fraction of sp³-hybridized carbons (Fsp3) is 0.300. The summed E-state index contributed by atoms with van der Waals surface area (Å²) in [4.78, 5) is 34.9. The number of anilines is 2. The summed E-state index contributed by atoms with van der Waals surface area (Å²) in [5.74, 6) is -0.733. The Morgan fingerprint density at radius 3 is 2.21 bits per heavy atom. The van der Waals surface area contributed by atoms with Crippen molar-refractivity contribution < 1.29 is 18.0 Å². The number of carbonyl (C=O) groups excluding carboxylic acids is 2. The zero-order valence-corrected chi connectivity index (χ0v) is 16.3. The van der Waals surface area contributed by atoms with Crippen LogP contribution in [0.15, 0.2) is 53.6 Å². The first-order chi connectivity index (χ1) is 13.8. The van der Waals surface area contributed by atoms with Gasteiger partial charge in [0, 0.05) is 11.9 Å². The molecule has 1 aliphatic heterocycles. The Bertz CT molecular complexity index is 1130. The highest BCUT2D eigenvalue weighted by Crippen LogP contribution is 2.53. The van der Waals surface area contributed by atoms with E-state index < -0.39 is 10.0 Å². The Morgan fingerprint density at radius 1 is 1.00 bits per heavy atom. The van der Waals surface area contributed by atoms with Crippen LogP contribution in [0, 0.1) is 30.6 Å². The number of benzene rings is 1. The molecule has 1 N–H and O–H groups in total. The number of aryl methyl sites for hydroxylation is 1. The van der Waals surface area contributed by atoms with Crippen molar-refractivity contribution in [3.8, 4) is 0 Å². The Balaban J connectivity index is 1.39. The average molecular weight is 410 g/mol. The first-order valence-electron chi connectivity index (χ1n) is 9.34. The minimum Gasteiger partial charge on any atom is -0.274 e. The number of carbonyl (C=O) groups is 2. The first-order valence-corrected chi connectivity index (χ1v) is 10.8. The van der Waals surface area contributed by atoms with Gasteiger partial charge in [-0.3, -0.25) is 14.5 Å². The second-order valence-corrected chi connectivity index (χ2v) is 9.32. The van der Waals surface area contributed by atoms with Gasteiger partial charge in [0.05, 0.1) is 22.4 Å². The van der Waals surface area contributed by atoms with Gasteiger partial charge in [-0.1, -0.05) is 12.2 Å². The van der Waals surface area contributed by atoms with Gasteiger partial charge in [0.25, 0.3) is 10.0 Å². The molecule has 2 bridgehead atoms. The molecule has 3 aliphatic rings. The van der Waals surface area contributed by atoms with Crippen LogP contribution in [0.25, 0.3) is 0 Å². The van der Waals surface area contributed by atoms with Gasteiger partial charge in [0.15, 0.2) is 0 Å². The highest BCUT2D eigenvalue weighted by atomic mass is 32.2. The number of nitrogens with one attached hydrogen (secondary N) is 1. The highest BCUT2D eigenvalue weighted by molar-refractivity contribution is 7.92. The lowest BCUT2D eigenvalue weighted by Crippen LogP contribution is -2.32. The van der Waals surface area contributed by atoms with Gasteiger partial charge in [-0.2, -0.15) is 0 Å². The number of imide groups is 1. The van der Waals surface area contributed by atoms with Crippen molar-refractivity contribution in [3.63, 3.8) is 0 Å². The van der Waals surface area contributed by atoms with Crippen LogP contribution in [0.3, 0.4) is 0 Å². The van der Waals surface area contributed by atoms with Crippen molar-refractivity contribution in [1.82, 2.24) is 9.97 Å². The minimum atomic E-state index is -3.89. The van der Waals surface area contributed by atoms with Crippen molar-refractivity contribution in [3.05, 3.63) is 54.4 Å². The normalized spacial score (nSPS) is 27.6. The largest absolute Gasteiger partial charge is 0.274 e. The second-order valence-electron chi connectivity index (χ2n) is 7.63. The Hall–Kier alpha value is -3.07. The van der Waals surface area contributed by atoms with E-state index in [1.54, 1.807) is 13.0 Å². The topological polar surface area (TPSA) is 109 Å². The third-order valence-electron chi connectivity index (χ3n) is 5.90. The smallest absolute Gasteiger partial charge is 0.264 e. The summed E-state index contributed by atoms with van der Waals surface area (Å²) in [6.45, 7) is 1.73. The molecule has 2 aromatic rings. The molecule has 2 heterocycles. The number of fused-ring (bicyclic) bond motifs is 5. The summed E-state index contributed by atoms with van der Waals surface area (Å²) in [6, 6.07) is 7.37. The van der Waals surface area contributed by atoms with Crippen LogP contribution in [-0.4, -0.2) is 30.2 Å². The molecule has 0 radical (unpaired) electrons. The molecular weight excluding hydrogens is 392 g/mol.